The number of aryl methyl sites for hydroxylation is 1. The van der Waals surface area contributed by atoms with Gasteiger partial charge in [-0.15, -0.1) is 0 Å². The molecule has 1 aromatic rings. The van der Waals surface area contributed by atoms with E-state index in [0.29, 0.717) is 11.7 Å². The predicted octanol–water partition coefficient (Wildman–Crippen LogP) is 0.788. The smallest absolute Gasteiger partial charge is 0.223 e. The second-order valence-electron chi connectivity index (χ2n) is 2.19. The Labute approximate surface area is 59.4 Å². The highest BCUT2D eigenvalue weighted by atomic mass is 16.5. The van der Waals surface area contributed by atoms with Crippen molar-refractivity contribution in [3.05, 3.63) is 11.7 Å². The molecule has 0 saturated carbocycles. The van der Waals surface area contributed by atoms with E-state index in [9.17, 15) is 0 Å². The normalized spacial score (nSPS) is 13.5. The van der Waals surface area contributed by atoms with Crippen molar-refractivity contribution in [2.45, 2.75) is 26.3 Å². The van der Waals surface area contributed by atoms with E-state index >= 15 is 0 Å². The van der Waals surface area contributed by atoms with Gasteiger partial charge in [0.15, 0.2) is 5.82 Å². The highest BCUT2D eigenvalue weighted by Gasteiger charge is 2.08. The molecule has 2 N–H and O–H groups in total. The number of hydrogen-bond donors (Lipinski definition) is 1. The molecule has 4 nitrogen and oxygen atoms in total. The van der Waals surface area contributed by atoms with E-state index in [1.54, 1.807) is 6.92 Å². The van der Waals surface area contributed by atoms with Gasteiger partial charge in [0.1, 0.15) is 0 Å². The van der Waals surface area contributed by atoms with Crippen molar-refractivity contribution in [3.8, 4) is 0 Å². The van der Waals surface area contributed by atoms with Crippen molar-refractivity contribution in [2.75, 3.05) is 0 Å². The van der Waals surface area contributed by atoms with Crippen molar-refractivity contribution in [1.29, 1.82) is 0 Å². The third-order valence-corrected chi connectivity index (χ3v) is 1.31. The molecular weight excluding hydrogens is 130 g/mol. The molecular formula is C6H11N3O. The Morgan fingerprint density at radius 3 is 2.80 bits per heavy atom. The molecule has 10 heavy (non-hydrogen) atoms. The molecule has 0 aromatic carbocycles. The van der Waals surface area contributed by atoms with Crippen LogP contribution in [-0.4, -0.2) is 10.1 Å². The predicted molar refractivity (Wildman–Crippen MR) is 36.3 cm³/mol. The molecule has 0 radical (unpaired) electrons. The zero-order valence-electron chi connectivity index (χ0n) is 6.16. The molecule has 0 aliphatic carbocycles. The lowest BCUT2D eigenvalue weighted by Gasteiger charge is -1.98. The summed E-state index contributed by atoms with van der Waals surface area (Å²) in [5.41, 5.74) is 5.62. The highest BCUT2D eigenvalue weighted by Crippen LogP contribution is 2.07. The number of nitrogens with zero attached hydrogens (tertiary/aromatic N) is 2. The Hall–Kier alpha value is -0.900. The van der Waals surface area contributed by atoms with Crippen LogP contribution in [0.2, 0.25) is 0 Å². The van der Waals surface area contributed by atoms with Crippen LogP contribution in [0.5, 0.6) is 0 Å². The van der Waals surface area contributed by atoms with E-state index in [1.165, 1.54) is 0 Å². The standard InChI is InChI=1S/C6H11N3O/c1-3-5(7)6-8-4(2)10-9-6/h5H,3,7H2,1-2H3. The summed E-state index contributed by atoms with van der Waals surface area (Å²) in [6.45, 7) is 3.73. The van der Waals surface area contributed by atoms with Gasteiger partial charge in [-0.1, -0.05) is 12.1 Å². The van der Waals surface area contributed by atoms with Crippen LogP contribution >= 0.6 is 0 Å². The van der Waals surface area contributed by atoms with Gasteiger partial charge in [0.05, 0.1) is 6.04 Å². The van der Waals surface area contributed by atoms with Crippen LogP contribution < -0.4 is 5.73 Å². The SMILES string of the molecule is CCC(N)c1noc(C)n1. The van der Waals surface area contributed by atoms with Crippen LogP contribution in [0.4, 0.5) is 0 Å². The number of rotatable bonds is 2. The van der Waals surface area contributed by atoms with Crippen LogP contribution in [0.15, 0.2) is 4.52 Å². The zero-order valence-corrected chi connectivity index (χ0v) is 6.16. The third-order valence-electron chi connectivity index (χ3n) is 1.31. The molecule has 0 saturated heterocycles. The fraction of sp³-hybridized carbons (Fsp3) is 0.667. The van der Waals surface area contributed by atoms with Gasteiger partial charge in [0.25, 0.3) is 0 Å². The van der Waals surface area contributed by atoms with Crippen LogP contribution in [0.1, 0.15) is 31.1 Å². The number of nitrogens with two attached hydrogens (primary N) is 1. The van der Waals surface area contributed by atoms with E-state index in [-0.39, 0.29) is 6.04 Å². The minimum atomic E-state index is -0.0857. The van der Waals surface area contributed by atoms with Gasteiger partial charge in [-0.25, -0.2) is 0 Å². The molecule has 1 atom stereocenters. The van der Waals surface area contributed by atoms with Gasteiger partial charge in [-0.2, -0.15) is 4.98 Å². The van der Waals surface area contributed by atoms with Crippen molar-refractivity contribution < 1.29 is 4.52 Å². The van der Waals surface area contributed by atoms with Gasteiger partial charge < -0.3 is 10.3 Å². The molecule has 0 bridgehead atoms. The lowest BCUT2D eigenvalue weighted by molar-refractivity contribution is 0.382. The lowest BCUT2D eigenvalue weighted by atomic mass is 10.2. The van der Waals surface area contributed by atoms with E-state index < -0.39 is 0 Å². The molecule has 0 fully saturated rings. The minimum Gasteiger partial charge on any atom is -0.340 e. The average Bonchev–Trinajstić information content (AvgIpc) is 2.34. The largest absolute Gasteiger partial charge is 0.340 e. The van der Waals surface area contributed by atoms with Gasteiger partial charge in [-0.3, -0.25) is 0 Å². The first-order chi connectivity index (χ1) is 4.74. The summed E-state index contributed by atoms with van der Waals surface area (Å²) in [5, 5.41) is 3.68. The molecule has 0 aliphatic heterocycles. The highest BCUT2D eigenvalue weighted by molar-refractivity contribution is 4.90. The maximum Gasteiger partial charge on any atom is 0.223 e. The summed E-state index contributed by atoms with van der Waals surface area (Å²) in [7, 11) is 0. The first kappa shape index (κ1) is 7.21. The Bertz CT molecular complexity index is 209. The maximum atomic E-state index is 5.62. The Morgan fingerprint density at radius 2 is 2.40 bits per heavy atom. The zero-order chi connectivity index (χ0) is 7.56. The van der Waals surface area contributed by atoms with Gasteiger partial charge in [-0.05, 0) is 6.42 Å². The van der Waals surface area contributed by atoms with Crippen molar-refractivity contribution in [1.82, 2.24) is 10.1 Å². The summed E-state index contributed by atoms with van der Waals surface area (Å²) in [5.74, 6) is 1.17. The molecule has 1 heterocycles. The topological polar surface area (TPSA) is 64.9 Å². The quantitative estimate of drug-likeness (QED) is 0.661. The molecule has 56 valence electrons. The van der Waals surface area contributed by atoms with Crippen LogP contribution in [-0.2, 0) is 0 Å². The third kappa shape index (κ3) is 1.33. The summed E-state index contributed by atoms with van der Waals surface area (Å²) in [4.78, 5) is 3.98. The maximum absolute atomic E-state index is 5.62. The first-order valence-electron chi connectivity index (χ1n) is 3.29. The fourth-order valence-corrected chi connectivity index (χ4v) is 0.648. The van der Waals surface area contributed by atoms with Crippen molar-refractivity contribution in [3.63, 3.8) is 0 Å². The van der Waals surface area contributed by atoms with Crippen LogP contribution in [0.25, 0.3) is 0 Å². The summed E-state index contributed by atoms with van der Waals surface area (Å²) < 4.78 is 4.75. The Balaban J connectivity index is 2.74. The Kier molecular flexibility index (Phi) is 2.01. The number of aromatic nitrogens is 2. The second-order valence-corrected chi connectivity index (χ2v) is 2.19. The van der Waals surface area contributed by atoms with E-state index in [1.807, 2.05) is 6.92 Å². The number of hydrogen-bond acceptors (Lipinski definition) is 4. The molecule has 4 heteroatoms. The van der Waals surface area contributed by atoms with E-state index in [4.69, 9.17) is 10.3 Å². The molecule has 0 amide bonds. The molecule has 1 unspecified atom stereocenters. The minimum absolute atomic E-state index is 0.0857. The van der Waals surface area contributed by atoms with Crippen LogP contribution in [0, 0.1) is 6.92 Å². The van der Waals surface area contributed by atoms with E-state index in [2.05, 4.69) is 10.1 Å². The summed E-state index contributed by atoms with van der Waals surface area (Å²) >= 11 is 0. The summed E-state index contributed by atoms with van der Waals surface area (Å²) in [6, 6.07) is -0.0857. The second kappa shape index (κ2) is 2.79. The van der Waals surface area contributed by atoms with E-state index in [0.717, 1.165) is 6.42 Å². The summed E-state index contributed by atoms with van der Waals surface area (Å²) in [6.07, 6.45) is 0.832. The molecule has 0 aliphatic rings. The first-order valence-corrected chi connectivity index (χ1v) is 3.29. The van der Waals surface area contributed by atoms with Crippen LogP contribution in [0.3, 0.4) is 0 Å². The monoisotopic (exact) mass is 141 g/mol. The molecule has 1 rings (SSSR count). The van der Waals surface area contributed by atoms with Gasteiger partial charge in [0.2, 0.25) is 5.89 Å². The average molecular weight is 141 g/mol. The fourth-order valence-electron chi connectivity index (χ4n) is 0.648. The molecule has 1 aromatic heterocycles. The lowest BCUT2D eigenvalue weighted by Crippen LogP contribution is -2.10. The molecule has 0 spiro atoms. The van der Waals surface area contributed by atoms with Gasteiger partial charge in [0, 0.05) is 6.92 Å². The van der Waals surface area contributed by atoms with Crippen molar-refractivity contribution in [2.24, 2.45) is 5.73 Å². The van der Waals surface area contributed by atoms with Gasteiger partial charge >= 0.3 is 0 Å². The van der Waals surface area contributed by atoms with Crippen molar-refractivity contribution >= 4 is 0 Å². The Morgan fingerprint density at radius 1 is 1.70 bits per heavy atom.